The van der Waals surface area contributed by atoms with Crippen molar-refractivity contribution in [2.24, 2.45) is 0 Å². The average Bonchev–Trinajstić information content (AvgIpc) is 2.52. The SMILES string of the molecule is CCCCCCCCCOS(=O)OCCCCCCCCC. The van der Waals surface area contributed by atoms with E-state index >= 15 is 0 Å². The number of rotatable bonds is 18. The van der Waals surface area contributed by atoms with E-state index < -0.39 is 11.4 Å². The van der Waals surface area contributed by atoms with Crippen LogP contribution < -0.4 is 0 Å². The van der Waals surface area contributed by atoms with Gasteiger partial charge in [0.25, 0.3) is 0 Å². The molecule has 0 radical (unpaired) electrons. The molecule has 0 aliphatic rings. The minimum Gasteiger partial charge on any atom is -0.268 e. The molecule has 0 aromatic rings. The van der Waals surface area contributed by atoms with Gasteiger partial charge in [-0.1, -0.05) is 90.9 Å². The van der Waals surface area contributed by atoms with E-state index in [1.165, 1.54) is 77.0 Å². The van der Waals surface area contributed by atoms with E-state index in [1.807, 2.05) is 0 Å². The van der Waals surface area contributed by atoms with Crippen molar-refractivity contribution in [3.05, 3.63) is 0 Å². The maximum absolute atomic E-state index is 11.5. The second kappa shape index (κ2) is 19.1. The fourth-order valence-corrected chi connectivity index (χ4v) is 2.98. The molecule has 0 atom stereocenters. The van der Waals surface area contributed by atoms with Crippen LogP contribution in [0.5, 0.6) is 0 Å². The van der Waals surface area contributed by atoms with Gasteiger partial charge in [-0.3, -0.25) is 8.37 Å². The molecule has 0 N–H and O–H groups in total. The van der Waals surface area contributed by atoms with Crippen LogP contribution >= 0.6 is 0 Å². The lowest BCUT2D eigenvalue weighted by atomic mass is 10.1. The Hall–Kier alpha value is 0.0700. The molecule has 0 saturated carbocycles. The van der Waals surface area contributed by atoms with Gasteiger partial charge in [-0.25, -0.2) is 0 Å². The lowest BCUT2D eigenvalue weighted by molar-refractivity contribution is 0.240. The first-order chi connectivity index (χ1) is 10.8. The summed E-state index contributed by atoms with van der Waals surface area (Å²) in [6.45, 7) is 5.57. The van der Waals surface area contributed by atoms with Crippen LogP contribution in [-0.4, -0.2) is 17.4 Å². The summed E-state index contributed by atoms with van der Waals surface area (Å²) in [6, 6.07) is 0. The molecule has 0 aromatic carbocycles. The highest BCUT2D eigenvalue weighted by Gasteiger charge is 2.01. The molecule has 0 heterocycles. The Kier molecular flexibility index (Phi) is 19.2. The second-order valence-electron chi connectivity index (χ2n) is 6.09. The number of hydrogen-bond acceptors (Lipinski definition) is 3. The average molecular weight is 335 g/mol. The summed E-state index contributed by atoms with van der Waals surface area (Å²) in [7, 11) is 0. The van der Waals surface area contributed by atoms with Crippen molar-refractivity contribution >= 4 is 11.4 Å². The summed E-state index contributed by atoms with van der Waals surface area (Å²) in [5, 5.41) is 0. The van der Waals surface area contributed by atoms with Crippen molar-refractivity contribution in [3.8, 4) is 0 Å². The van der Waals surface area contributed by atoms with Gasteiger partial charge in [-0.15, -0.1) is 0 Å². The minimum atomic E-state index is -1.54. The van der Waals surface area contributed by atoms with Gasteiger partial charge in [0.1, 0.15) is 0 Å². The predicted molar refractivity (Wildman–Crippen MR) is 96.0 cm³/mol. The minimum absolute atomic E-state index is 0.553. The Morgan fingerprint density at radius 3 is 1.23 bits per heavy atom. The Morgan fingerprint density at radius 1 is 0.545 bits per heavy atom. The molecule has 4 heteroatoms. The van der Waals surface area contributed by atoms with Crippen LogP contribution in [0.15, 0.2) is 0 Å². The highest BCUT2D eigenvalue weighted by molar-refractivity contribution is 7.75. The molecule has 0 aliphatic carbocycles. The van der Waals surface area contributed by atoms with Crippen LogP contribution in [0.1, 0.15) is 104 Å². The van der Waals surface area contributed by atoms with Crippen LogP contribution in [0, 0.1) is 0 Å². The summed E-state index contributed by atoms with van der Waals surface area (Å²) in [6.07, 6.45) is 17.4. The van der Waals surface area contributed by atoms with Crippen LogP contribution in [0.3, 0.4) is 0 Å². The molecule has 0 bridgehead atoms. The molecular weight excluding hydrogens is 296 g/mol. The molecule has 0 unspecified atom stereocenters. The summed E-state index contributed by atoms with van der Waals surface area (Å²) >= 11 is -1.54. The van der Waals surface area contributed by atoms with Gasteiger partial charge >= 0.3 is 11.4 Å². The second-order valence-corrected chi connectivity index (χ2v) is 6.97. The highest BCUT2D eigenvalue weighted by Crippen LogP contribution is 2.08. The first-order valence-electron chi connectivity index (χ1n) is 9.49. The number of unbranched alkanes of at least 4 members (excludes halogenated alkanes) is 12. The van der Waals surface area contributed by atoms with E-state index in [2.05, 4.69) is 13.8 Å². The summed E-state index contributed by atoms with van der Waals surface area (Å²) in [4.78, 5) is 0. The molecular formula is C18H38O3S. The van der Waals surface area contributed by atoms with E-state index in [1.54, 1.807) is 0 Å². The third-order valence-corrected chi connectivity index (χ3v) is 4.57. The fourth-order valence-electron chi connectivity index (χ4n) is 2.41. The van der Waals surface area contributed by atoms with Crippen molar-refractivity contribution in [2.75, 3.05) is 13.2 Å². The summed E-state index contributed by atoms with van der Waals surface area (Å²) in [5.41, 5.74) is 0. The lowest BCUT2D eigenvalue weighted by Gasteiger charge is -2.05. The van der Waals surface area contributed by atoms with Gasteiger partial charge in [0.2, 0.25) is 0 Å². The lowest BCUT2D eigenvalue weighted by Crippen LogP contribution is -2.05. The summed E-state index contributed by atoms with van der Waals surface area (Å²) in [5.74, 6) is 0. The van der Waals surface area contributed by atoms with Crippen molar-refractivity contribution in [3.63, 3.8) is 0 Å². The van der Waals surface area contributed by atoms with Crippen LogP contribution in [0.25, 0.3) is 0 Å². The van der Waals surface area contributed by atoms with Gasteiger partial charge in [0.05, 0.1) is 13.2 Å². The van der Waals surface area contributed by atoms with Crippen LogP contribution in [0.4, 0.5) is 0 Å². The molecule has 22 heavy (non-hydrogen) atoms. The largest absolute Gasteiger partial charge is 0.304 e. The Bertz CT molecular complexity index is 212. The van der Waals surface area contributed by atoms with E-state index in [0.29, 0.717) is 13.2 Å². The molecule has 3 nitrogen and oxygen atoms in total. The highest BCUT2D eigenvalue weighted by atomic mass is 32.2. The van der Waals surface area contributed by atoms with Crippen molar-refractivity contribution in [1.29, 1.82) is 0 Å². The van der Waals surface area contributed by atoms with Crippen molar-refractivity contribution in [1.82, 2.24) is 0 Å². The Labute approximate surface area is 141 Å². The maximum Gasteiger partial charge on any atom is 0.304 e. The smallest absolute Gasteiger partial charge is 0.268 e. The molecule has 134 valence electrons. The van der Waals surface area contributed by atoms with Gasteiger partial charge in [0.15, 0.2) is 0 Å². The number of hydrogen-bond donors (Lipinski definition) is 0. The zero-order chi connectivity index (χ0) is 16.3. The molecule has 0 aromatic heterocycles. The zero-order valence-electron chi connectivity index (χ0n) is 14.9. The van der Waals surface area contributed by atoms with E-state index in [9.17, 15) is 4.21 Å². The first-order valence-corrected chi connectivity index (χ1v) is 10.5. The van der Waals surface area contributed by atoms with Crippen LogP contribution in [-0.2, 0) is 19.7 Å². The zero-order valence-corrected chi connectivity index (χ0v) is 15.8. The molecule has 0 spiro atoms. The van der Waals surface area contributed by atoms with Crippen molar-refractivity contribution in [2.45, 2.75) is 104 Å². The first kappa shape index (κ1) is 22.1. The van der Waals surface area contributed by atoms with E-state index in [4.69, 9.17) is 8.37 Å². The standard InChI is InChI=1S/C18H38O3S/c1-3-5-7-9-11-13-15-17-20-22(19)21-18-16-14-12-10-8-6-4-2/h3-18H2,1-2H3. The van der Waals surface area contributed by atoms with Gasteiger partial charge in [-0.2, -0.15) is 4.21 Å². The third kappa shape index (κ3) is 18.1. The quantitative estimate of drug-likeness (QED) is 0.284. The predicted octanol–water partition coefficient (Wildman–Crippen LogP) is 6.10. The maximum atomic E-state index is 11.5. The fraction of sp³-hybridized carbons (Fsp3) is 1.00. The van der Waals surface area contributed by atoms with E-state index in [-0.39, 0.29) is 0 Å². The molecule has 0 amide bonds. The normalized spacial score (nSPS) is 11.4. The van der Waals surface area contributed by atoms with Gasteiger partial charge in [0, 0.05) is 0 Å². The topological polar surface area (TPSA) is 35.5 Å². The molecule has 0 fully saturated rings. The third-order valence-electron chi connectivity index (χ3n) is 3.85. The molecule has 0 aliphatic heterocycles. The van der Waals surface area contributed by atoms with Crippen molar-refractivity contribution < 1.29 is 12.6 Å². The molecule has 0 saturated heterocycles. The Balaban J connectivity index is 3.13. The Morgan fingerprint density at radius 2 is 0.864 bits per heavy atom. The van der Waals surface area contributed by atoms with Gasteiger partial charge in [-0.05, 0) is 12.8 Å². The van der Waals surface area contributed by atoms with E-state index in [0.717, 1.165) is 12.8 Å². The summed E-state index contributed by atoms with van der Waals surface area (Å²) < 4.78 is 21.8. The monoisotopic (exact) mass is 334 g/mol. The van der Waals surface area contributed by atoms with Gasteiger partial charge < -0.3 is 0 Å². The van der Waals surface area contributed by atoms with Crippen LogP contribution in [0.2, 0.25) is 0 Å². The molecule has 0 rings (SSSR count).